The summed E-state index contributed by atoms with van der Waals surface area (Å²) >= 11 is 0. The van der Waals surface area contributed by atoms with E-state index >= 15 is 0 Å². The van der Waals surface area contributed by atoms with Gasteiger partial charge in [0.15, 0.2) is 0 Å². The molecule has 2 aromatic carbocycles. The molecule has 1 aliphatic heterocycles. The van der Waals surface area contributed by atoms with Crippen molar-refractivity contribution < 1.29 is 19.1 Å². The molecule has 5 nitrogen and oxygen atoms in total. The quantitative estimate of drug-likeness (QED) is 0.582. The number of rotatable bonds is 6. The van der Waals surface area contributed by atoms with Gasteiger partial charge in [0.2, 0.25) is 0 Å². The lowest BCUT2D eigenvalue weighted by Crippen LogP contribution is -2.45. The number of amides is 1. The number of carbonyl (C=O) groups excluding carboxylic acids is 2. The molecule has 0 radical (unpaired) electrons. The Labute approximate surface area is 195 Å². The first kappa shape index (κ1) is 22.0. The van der Waals surface area contributed by atoms with E-state index in [9.17, 15) is 9.59 Å². The molecule has 3 aliphatic rings. The van der Waals surface area contributed by atoms with E-state index in [2.05, 4.69) is 37.4 Å². The zero-order valence-electron chi connectivity index (χ0n) is 19.7. The number of fused-ring (bicyclic) bond motifs is 1. The zero-order chi connectivity index (χ0) is 23.0. The van der Waals surface area contributed by atoms with Crippen LogP contribution in [0.5, 0.6) is 5.75 Å². The van der Waals surface area contributed by atoms with Crippen LogP contribution < -0.4 is 10.1 Å². The van der Waals surface area contributed by atoms with E-state index in [0.717, 1.165) is 84.1 Å². The molecule has 0 atom stereocenters. The van der Waals surface area contributed by atoms with Crippen molar-refractivity contribution in [3.63, 3.8) is 0 Å². The highest BCUT2D eigenvalue weighted by Gasteiger charge is 2.47. The summed E-state index contributed by atoms with van der Waals surface area (Å²) in [6.45, 7) is 5.05. The largest absolute Gasteiger partial charge is 0.491 e. The molecule has 2 fully saturated rings. The molecule has 1 N–H and O–H groups in total. The lowest BCUT2D eigenvalue weighted by atomic mass is 9.69. The third-order valence-corrected chi connectivity index (χ3v) is 7.84. The second-order valence-corrected chi connectivity index (χ2v) is 10.0. The number of ether oxygens (including phenoxy) is 2. The summed E-state index contributed by atoms with van der Waals surface area (Å²) in [5.41, 5.74) is 5.47. The summed E-state index contributed by atoms with van der Waals surface area (Å²) in [4.78, 5) is 25.1. The highest BCUT2D eigenvalue weighted by molar-refractivity contribution is 5.99. The van der Waals surface area contributed by atoms with E-state index in [1.807, 2.05) is 12.1 Å². The Morgan fingerprint density at radius 2 is 1.79 bits per heavy atom. The second kappa shape index (κ2) is 8.85. The summed E-state index contributed by atoms with van der Waals surface area (Å²) in [6, 6.07) is 10.1. The molecular formula is C28H33NO4. The van der Waals surface area contributed by atoms with E-state index in [0.29, 0.717) is 13.2 Å². The van der Waals surface area contributed by atoms with Gasteiger partial charge in [0.1, 0.15) is 23.9 Å². The fourth-order valence-corrected chi connectivity index (χ4v) is 5.28. The zero-order valence-corrected chi connectivity index (χ0v) is 19.7. The van der Waals surface area contributed by atoms with Gasteiger partial charge in [-0.25, -0.2) is 0 Å². The molecule has 2 aliphatic carbocycles. The molecule has 0 aromatic heterocycles. The van der Waals surface area contributed by atoms with E-state index in [1.165, 1.54) is 6.42 Å². The van der Waals surface area contributed by atoms with Gasteiger partial charge in [-0.15, -0.1) is 0 Å². The summed E-state index contributed by atoms with van der Waals surface area (Å²) in [6.07, 6.45) is 8.27. The lowest BCUT2D eigenvalue weighted by molar-refractivity contribution is -0.171. The highest BCUT2D eigenvalue weighted by atomic mass is 16.5. The van der Waals surface area contributed by atoms with Gasteiger partial charge in [-0.3, -0.25) is 9.59 Å². The van der Waals surface area contributed by atoms with Gasteiger partial charge in [-0.2, -0.15) is 0 Å². The van der Waals surface area contributed by atoms with Crippen molar-refractivity contribution >= 4 is 11.9 Å². The minimum absolute atomic E-state index is 0.0171. The maximum absolute atomic E-state index is 13.2. The molecule has 0 spiro atoms. The molecule has 0 saturated heterocycles. The number of nitrogens with one attached hydrogen (secondary N) is 1. The van der Waals surface area contributed by atoms with Gasteiger partial charge in [-0.05, 0) is 86.8 Å². The second-order valence-electron chi connectivity index (χ2n) is 10.0. The Kier molecular flexibility index (Phi) is 5.90. The molecule has 0 bridgehead atoms. The third kappa shape index (κ3) is 4.14. The van der Waals surface area contributed by atoms with Gasteiger partial charge >= 0.3 is 5.97 Å². The van der Waals surface area contributed by atoms with Crippen molar-refractivity contribution in [2.75, 3.05) is 6.61 Å². The van der Waals surface area contributed by atoms with Crippen LogP contribution in [0.25, 0.3) is 11.1 Å². The number of esters is 1. The third-order valence-electron chi connectivity index (χ3n) is 7.84. The summed E-state index contributed by atoms with van der Waals surface area (Å²) in [7, 11) is 0. The van der Waals surface area contributed by atoms with E-state index in [-0.39, 0.29) is 18.0 Å². The van der Waals surface area contributed by atoms with Crippen LogP contribution in [-0.2, 0) is 16.1 Å². The van der Waals surface area contributed by atoms with Gasteiger partial charge in [-0.1, -0.05) is 31.0 Å². The Morgan fingerprint density at radius 3 is 2.52 bits per heavy atom. The first-order chi connectivity index (χ1) is 16.0. The summed E-state index contributed by atoms with van der Waals surface area (Å²) in [5, 5.41) is 2.88. The predicted octanol–water partition coefficient (Wildman–Crippen LogP) is 5.64. The molecule has 1 heterocycles. The average molecular weight is 448 g/mol. The molecule has 2 aromatic rings. The van der Waals surface area contributed by atoms with Crippen LogP contribution in [0.15, 0.2) is 30.3 Å². The van der Waals surface area contributed by atoms with Crippen molar-refractivity contribution in [1.82, 2.24) is 5.32 Å². The van der Waals surface area contributed by atoms with Crippen LogP contribution >= 0.6 is 0 Å². The Bertz CT molecular complexity index is 1080. The van der Waals surface area contributed by atoms with Crippen molar-refractivity contribution in [2.45, 2.75) is 77.9 Å². The molecule has 2 saturated carbocycles. The Hall–Kier alpha value is -2.82. The monoisotopic (exact) mass is 447 g/mol. The van der Waals surface area contributed by atoms with Gasteiger partial charge in [0.25, 0.3) is 5.91 Å². The molecule has 0 unspecified atom stereocenters. The Balaban J connectivity index is 1.38. The number of carbonyl (C=O) groups is 2. The predicted molar refractivity (Wildman–Crippen MR) is 127 cm³/mol. The van der Waals surface area contributed by atoms with E-state index < -0.39 is 5.41 Å². The lowest BCUT2D eigenvalue weighted by Gasteiger charge is -2.40. The minimum Gasteiger partial charge on any atom is -0.491 e. The van der Waals surface area contributed by atoms with Gasteiger partial charge in [0.05, 0.1) is 0 Å². The van der Waals surface area contributed by atoms with Crippen LogP contribution in [0.2, 0.25) is 0 Å². The van der Waals surface area contributed by atoms with Gasteiger partial charge < -0.3 is 14.8 Å². The van der Waals surface area contributed by atoms with Gasteiger partial charge in [0, 0.05) is 17.7 Å². The molecule has 1 amide bonds. The SMILES string of the molecule is Cc1ccc(-c2ccc3c(c2)CNC3=O)c(OCC2(C(=O)OC3CCCCC3)CCC2)c1C. The molecule has 33 heavy (non-hydrogen) atoms. The molecule has 5 rings (SSSR count). The van der Waals surface area contributed by atoms with Crippen molar-refractivity contribution in [2.24, 2.45) is 5.41 Å². The summed E-state index contributed by atoms with van der Waals surface area (Å²) < 4.78 is 12.4. The summed E-state index contributed by atoms with van der Waals surface area (Å²) in [5.74, 6) is 0.732. The maximum atomic E-state index is 13.2. The number of aryl methyl sites for hydroxylation is 1. The molecule has 5 heteroatoms. The van der Waals surface area contributed by atoms with Crippen molar-refractivity contribution in [3.05, 3.63) is 52.6 Å². The maximum Gasteiger partial charge on any atom is 0.315 e. The fourth-order valence-electron chi connectivity index (χ4n) is 5.28. The van der Waals surface area contributed by atoms with E-state index in [4.69, 9.17) is 9.47 Å². The highest BCUT2D eigenvalue weighted by Crippen LogP contribution is 2.45. The molecular weight excluding hydrogens is 414 g/mol. The van der Waals surface area contributed by atoms with Crippen LogP contribution in [0.3, 0.4) is 0 Å². The topological polar surface area (TPSA) is 64.6 Å². The van der Waals surface area contributed by atoms with Crippen LogP contribution in [0.4, 0.5) is 0 Å². The molecule has 174 valence electrons. The standard InChI is InChI=1S/C28H33NO4/c1-18-9-11-23(20-10-12-24-21(15-20)16-29-26(24)30)25(19(18)2)32-17-28(13-6-14-28)27(31)33-22-7-4-3-5-8-22/h9-12,15,22H,3-8,13-14,16-17H2,1-2H3,(H,29,30). The minimum atomic E-state index is -0.529. The average Bonchev–Trinajstić information content (AvgIpc) is 3.16. The Morgan fingerprint density at radius 1 is 1.03 bits per heavy atom. The number of benzene rings is 2. The smallest absolute Gasteiger partial charge is 0.315 e. The van der Waals surface area contributed by atoms with Crippen molar-refractivity contribution in [1.29, 1.82) is 0 Å². The van der Waals surface area contributed by atoms with Crippen LogP contribution in [0, 0.1) is 19.3 Å². The fraction of sp³-hybridized carbons (Fsp3) is 0.500. The number of hydrogen-bond acceptors (Lipinski definition) is 4. The number of hydrogen-bond donors (Lipinski definition) is 1. The van der Waals surface area contributed by atoms with Crippen LogP contribution in [0.1, 0.15) is 78.4 Å². The van der Waals surface area contributed by atoms with Crippen LogP contribution in [-0.4, -0.2) is 24.6 Å². The van der Waals surface area contributed by atoms with Crippen molar-refractivity contribution in [3.8, 4) is 16.9 Å². The first-order valence-corrected chi connectivity index (χ1v) is 12.3. The normalized spacial score (nSPS) is 19.4. The van der Waals surface area contributed by atoms with E-state index in [1.54, 1.807) is 0 Å². The first-order valence-electron chi connectivity index (χ1n) is 12.3.